The Morgan fingerprint density at radius 1 is 1.33 bits per heavy atom. The summed E-state index contributed by atoms with van der Waals surface area (Å²) in [7, 11) is 0. The van der Waals surface area contributed by atoms with Crippen LogP contribution in [0.15, 0.2) is 42.7 Å². The quantitative estimate of drug-likeness (QED) is 0.778. The minimum atomic E-state index is -0.197. The lowest BCUT2D eigenvalue weighted by Gasteiger charge is -2.11. The molecule has 0 aliphatic rings. The summed E-state index contributed by atoms with van der Waals surface area (Å²) in [6.07, 6.45) is 1.47. The van der Waals surface area contributed by atoms with Crippen LogP contribution < -0.4 is 5.32 Å². The average Bonchev–Trinajstić information content (AvgIpc) is 2.95. The van der Waals surface area contributed by atoms with Gasteiger partial charge in [0.1, 0.15) is 6.33 Å². The van der Waals surface area contributed by atoms with Crippen LogP contribution in [-0.4, -0.2) is 20.5 Å². The van der Waals surface area contributed by atoms with Gasteiger partial charge in [0.15, 0.2) is 5.65 Å². The normalized spacial score (nSPS) is 10.3. The van der Waals surface area contributed by atoms with Crippen molar-refractivity contribution in [3.8, 4) is 17.3 Å². The number of pyridine rings is 1. The highest BCUT2D eigenvalue weighted by atomic mass is 16.1. The molecule has 0 spiro atoms. The standard InChI is InChI=1S/C15H11N5O/c1-10(21)19-13-7-11(8-16)5-6-12(13)14-3-2-4-15-17-9-18-20(14)15/h2-7,9H,1H3,(H,19,21). The minimum absolute atomic E-state index is 0.197. The lowest BCUT2D eigenvalue weighted by Crippen LogP contribution is -2.08. The third-order valence-corrected chi connectivity index (χ3v) is 3.04. The first kappa shape index (κ1) is 12.8. The van der Waals surface area contributed by atoms with E-state index in [9.17, 15) is 4.79 Å². The number of carbonyl (C=O) groups is 1. The van der Waals surface area contributed by atoms with Crippen molar-refractivity contribution in [1.82, 2.24) is 14.6 Å². The van der Waals surface area contributed by atoms with E-state index in [2.05, 4.69) is 21.5 Å². The van der Waals surface area contributed by atoms with Crippen LogP contribution in [0.2, 0.25) is 0 Å². The topological polar surface area (TPSA) is 83.1 Å². The van der Waals surface area contributed by atoms with Gasteiger partial charge in [0, 0.05) is 12.5 Å². The monoisotopic (exact) mass is 277 g/mol. The third-order valence-electron chi connectivity index (χ3n) is 3.04. The van der Waals surface area contributed by atoms with Crippen molar-refractivity contribution in [2.75, 3.05) is 5.32 Å². The third kappa shape index (κ3) is 2.32. The molecular formula is C15H11N5O. The smallest absolute Gasteiger partial charge is 0.221 e. The number of nitrogens with zero attached hydrogens (tertiary/aromatic N) is 4. The van der Waals surface area contributed by atoms with E-state index in [1.807, 2.05) is 18.2 Å². The molecule has 0 saturated heterocycles. The lowest BCUT2D eigenvalue weighted by molar-refractivity contribution is -0.114. The largest absolute Gasteiger partial charge is 0.326 e. The molecule has 0 atom stereocenters. The van der Waals surface area contributed by atoms with Crippen molar-refractivity contribution in [3.05, 3.63) is 48.3 Å². The minimum Gasteiger partial charge on any atom is -0.326 e. The fourth-order valence-corrected chi connectivity index (χ4v) is 2.18. The van der Waals surface area contributed by atoms with Crippen LogP contribution in [0.3, 0.4) is 0 Å². The van der Waals surface area contributed by atoms with E-state index in [-0.39, 0.29) is 5.91 Å². The van der Waals surface area contributed by atoms with E-state index in [0.717, 1.165) is 11.3 Å². The van der Waals surface area contributed by atoms with Crippen molar-refractivity contribution in [2.24, 2.45) is 0 Å². The highest BCUT2D eigenvalue weighted by Gasteiger charge is 2.11. The molecule has 3 rings (SSSR count). The average molecular weight is 277 g/mol. The number of carbonyl (C=O) groups excluding carboxylic acids is 1. The van der Waals surface area contributed by atoms with Gasteiger partial charge < -0.3 is 5.32 Å². The lowest BCUT2D eigenvalue weighted by atomic mass is 10.1. The zero-order chi connectivity index (χ0) is 14.8. The van der Waals surface area contributed by atoms with E-state index in [1.54, 1.807) is 22.7 Å². The summed E-state index contributed by atoms with van der Waals surface area (Å²) in [6, 6.07) is 12.8. The summed E-state index contributed by atoms with van der Waals surface area (Å²) in [5.41, 5.74) is 3.34. The molecule has 2 heterocycles. The van der Waals surface area contributed by atoms with Crippen LogP contribution in [0.25, 0.3) is 16.9 Å². The molecule has 0 aliphatic heterocycles. The predicted octanol–water partition coefficient (Wildman–Crippen LogP) is 2.23. The van der Waals surface area contributed by atoms with E-state index in [0.29, 0.717) is 16.9 Å². The Hall–Kier alpha value is -3.20. The highest BCUT2D eigenvalue weighted by Crippen LogP contribution is 2.29. The van der Waals surface area contributed by atoms with Crippen molar-refractivity contribution >= 4 is 17.2 Å². The first-order chi connectivity index (χ1) is 10.2. The van der Waals surface area contributed by atoms with Gasteiger partial charge in [-0.15, -0.1) is 0 Å². The number of hydrogen-bond acceptors (Lipinski definition) is 4. The Bertz CT molecular complexity index is 875. The second-order valence-electron chi connectivity index (χ2n) is 4.49. The van der Waals surface area contributed by atoms with Crippen LogP contribution in [0, 0.1) is 11.3 Å². The number of nitrogens with one attached hydrogen (secondary N) is 1. The first-order valence-corrected chi connectivity index (χ1v) is 6.30. The van der Waals surface area contributed by atoms with Gasteiger partial charge in [-0.2, -0.15) is 10.4 Å². The van der Waals surface area contributed by atoms with E-state index < -0.39 is 0 Å². The fraction of sp³-hybridized carbons (Fsp3) is 0.0667. The zero-order valence-electron chi connectivity index (χ0n) is 11.2. The Balaban J connectivity index is 2.24. The number of aromatic nitrogens is 3. The molecule has 1 aromatic carbocycles. The van der Waals surface area contributed by atoms with Gasteiger partial charge >= 0.3 is 0 Å². The van der Waals surface area contributed by atoms with Crippen LogP contribution in [-0.2, 0) is 4.79 Å². The summed E-state index contributed by atoms with van der Waals surface area (Å²) in [6.45, 7) is 1.43. The maximum atomic E-state index is 11.4. The van der Waals surface area contributed by atoms with E-state index >= 15 is 0 Å². The van der Waals surface area contributed by atoms with Crippen molar-refractivity contribution in [2.45, 2.75) is 6.92 Å². The number of anilines is 1. The van der Waals surface area contributed by atoms with Gasteiger partial charge in [0.2, 0.25) is 5.91 Å². The molecule has 2 aromatic heterocycles. The molecule has 6 nitrogen and oxygen atoms in total. The Morgan fingerprint density at radius 3 is 2.95 bits per heavy atom. The van der Waals surface area contributed by atoms with Gasteiger partial charge in [-0.25, -0.2) is 9.50 Å². The molecule has 0 saturated carbocycles. The van der Waals surface area contributed by atoms with Crippen LogP contribution in [0.5, 0.6) is 0 Å². The number of fused-ring (bicyclic) bond motifs is 1. The summed E-state index contributed by atoms with van der Waals surface area (Å²) in [5.74, 6) is -0.197. The molecule has 102 valence electrons. The first-order valence-electron chi connectivity index (χ1n) is 6.30. The maximum Gasteiger partial charge on any atom is 0.221 e. The van der Waals surface area contributed by atoms with Gasteiger partial charge in [-0.1, -0.05) is 6.07 Å². The van der Waals surface area contributed by atoms with Gasteiger partial charge in [0.05, 0.1) is 23.0 Å². The Kier molecular flexibility index (Phi) is 3.09. The molecule has 0 bridgehead atoms. The molecule has 0 fully saturated rings. The number of rotatable bonds is 2. The molecule has 0 aliphatic carbocycles. The molecule has 0 radical (unpaired) electrons. The fourth-order valence-electron chi connectivity index (χ4n) is 2.18. The van der Waals surface area contributed by atoms with Gasteiger partial charge in [0.25, 0.3) is 0 Å². The highest BCUT2D eigenvalue weighted by molar-refractivity contribution is 5.94. The summed E-state index contributed by atoms with van der Waals surface area (Å²) in [4.78, 5) is 15.5. The second-order valence-corrected chi connectivity index (χ2v) is 4.49. The number of benzene rings is 1. The molecule has 1 amide bonds. The van der Waals surface area contributed by atoms with Gasteiger partial charge in [-0.3, -0.25) is 4.79 Å². The SMILES string of the molecule is CC(=O)Nc1cc(C#N)ccc1-c1cccc2ncnn12. The van der Waals surface area contributed by atoms with Crippen molar-refractivity contribution < 1.29 is 4.79 Å². The Morgan fingerprint density at radius 2 is 2.19 bits per heavy atom. The van der Waals surface area contributed by atoms with Crippen molar-refractivity contribution in [3.63, 3.8) is 0 Å². The summed E-state index contributed by atoms with van der Waals surface area (Å²) in [5, 5.41) is 15.9. The molecule has 6 heteroatoms. The van der Waals surface area contributed by atoms with Crippen molar-refractivity contribution in [1.29, 1.82) is 5.26 Å². The maximum absolute atomic E-state index is 11.4. The van der Waals surface area contributed by atoms with Crippen LogP contribution in [0.1, 0.15) is 12.5 Å². The predicted molar refractivity (Wildman–Crippen MR) is 77.4 cm³/mol. The van der Waals surface area contributed by atoms with E-state index in [1.165, 1.54) is 13.3 Å². The molecule has 3 aromatic rings. The molecule has 21 heavy (non-hydrogen) atoms. The molecule has 0 unspecified atom stereocenters. The van der Waals surface area contributed by atoms with Gasteiger partial charge in [-0.05, 0) is 30.3 Å². The second kappa shape index (κ2) is 5.06. The summed E-state index contributed by atoms with van der Waals surface area (Å²) < 4.78 is 1.69. The van der Waals surface area contributed by atoms with Crippen LogP contribution >= 0.6 is 0 Å². The molecule has 1 N–H and O–H groups in total. The summed E-state index contributed by atoms with van der Waals surface area (Å²) >= 11 is 0. The van der Waals surface area contributed by atoms with E-state index in [4.69, 9.17) is 5.26 Å². The zero-order valence-corrected chi connectivity index (χ0v) is 11.2. The molecular weight excluding hydrogens is 266 g/mol. The number of amides is 1. The number of hydrogen-bond donors (Lipinski definition) is 1. The number of nitriles is 1. The van der Waals surface area contributed by atoms with Crippen LogP contribution in [0.4, 0.5) is 5.69 Å². The Labute approximate surface area is 120 Å².